The number of ether oxygens (including phenoxy) is 6. The molecule has 0 amide bonds. The molecule has 12 heteroatoms. The number of hydrogen-bond donors (Lipinski definition) is 0. The van der Waals surface area contributed by atoms with Crippen molar-refractivity contribution in [1.82, 2.24) is 0 Å². The molecule has 2 aromatic rings. The molecule has 2 fully saturated rings. The molecule has 5 unspecified atom stereocenters. The number of benzene rings is 2. The zero-order valence-electron chi connectivity index (χ0n) is 32.5. The van der Waals surface area contributed by atoms with Crippen LogP contribution in [0.25, 0.3) is 0 Å². The molecular weight excluding hydrogens is 749 g/mol. The maximum Gasteiger partial charge on any atom is 0.332 e. The van der Waals surface area contributed by atoms with E-state index in [1.54, 1.807) is 13.8 Å². The fourth-order valence-corrected chi connectivity index (χ4v) is 11.3. The monoisotopic (exact) mass is 804 g/mol. The van der Waals surface area contributed by atoms with Crippen LogP contribution in [0.1, 0.15) is 61.1 Å². The van der Waals surface area contributed by atoms with Crippen molar-refractivity contribution in [1.29, 1.82) is 0 Å². The lowest BCUT2D eigenvalue weighted by Gasteiger charge is -2.33. The zero-order chi connectivity index (χ0) is 38.8. The molecule has 2 aliphatic rings. The molecule has 0 radical (unpaired) electrons. The van der Waals surface area contributed by atoms with Gasteiger partial charge in [-0.3, -0.25) is 0 Å². The van der Waals surface area contributed by atoms with Crippen molar-refractivity contribution in [3.05, 3.63) is 83.0 Å². The lowest BCUT2D eigenvalue weighted by atomic mass is 9.76. The first-order chi connectivity index (χ1) is 25.2. The lowest BCUT2D eigenvalue weighted by molar-refractivity contribution is -0.229. The zero-order valence-corrected chi connectivity index (χ0v) is 35.7. The summed E-state index contributed by atoms with van der Waals surface area (Å²) in [5.41, 5.74) is 5.74. The van der Waals surface area contributed by atoms with Gasteiger partial charge in [0.05, 0.1) is 13.2 Å². The molecule has 8 nitrogen and oxygen atoms in total. The number of hydrogen-bond acceptors (Lipinski definition) is 12. The first-order valence-electron chi connectivity index (χ1n) is 18.0. The van der Waals surface area contributed by atoms with Gasteiger partial charge in [0.1, 0.15) is 11.5 Å². The third kappa shape index (κ3) is 12.4. The highest BCUT2D eigenvalue weighted by Crippen LogP contribution is 2.39. The Labute approximate surface area is 333 Å². The van der Waals surface area contributed by atoms with Gasteiger partial charge in [0.2, 0.25) is 12.1 Å². The SMILES string of the molecule is C=CC(=O)OC(C)C(OCC1CSCCS1)Oc1c(C)cc(C(C)(C)c2cc(C)c(OCC(C)(OCC3CSCCS3)OC(=O)C=C)c(C)c2)cc1C. The maximum absolute atomic E-state index is 12.3. The highest BCUT2D eigenvalue weighted by atomic mass is 32.2. The Morgan fingerprint density at radius 2 is 1.30 bits per heavy atom. The second-order valence-corrected chi connectivity index (χ2v) is 19.3. The average molecular weight is 805 g/mol. The van der Waals surface area contributed by atoms with Crippen LogP contribution in [0.2, 0.25) is 0 Å². The van der Waals surface area contributed by atoms with E-state index in [1.165, 1.54) is 0 Å². The predicted octanol–water partition coefficient (Wildman–Crippen LogP) is 8.62. The topological polar surface area (TPSA) is 89.5 Å². The van der Waals surface area contributed by atoms with Crippen molar-refractivity contribution in [2.75, 3.05) is 54.3 Å². The highest BCUT2D eigenvalue weighted by molar-refractivity contribution is 8.07. The number of rotatable bonds is 18. The van der Waals surface area contributed by atoms with Gasteiger partial charge in [-0.1, -0.05) is 51.3 Å². The fourth-order valence-electron chi connectivity index (χ4n) is 6.17. The second kappa shape index (κ2) is 20.1. The Balaban J connectivity index is 1.52. The Morgan fingerprint density at radius 3 is 1.79 bits per heavy atom. The molecule has 292 valence electrons. The van der Waals surface area contributed by atoms with Crippen molar-refractivity contribution in [3.8, 4) is 11.5 Å². The van der Waals surface area contributed by atoms with E-state index in [1.807, 2.05) is 74.7 Å². The van der Waals surface area contributed by atoms with Crippen LogP contribution < -0.4 is 9.47 Å². The number of carbonyl (C=O) groups is 2. The van der Waals surface area contributed by atoms with Crippen LogP contribution in [0.15, 0.2) is 49.6 Å². The fraction of sp³-hybridized carbons (Fsp3) is 0.561. The van der Waals surface area contributed by atoms with Gasteiger partial charge in [-0.15, -0.1) is 0 Å². The average Bonchev–Trinajstić information content (AvgIpc) is 3.13. The van der Waals surface area contributed by atoms with Crippen molar-refractivity contribution in [2.45, 2.75) is 89.5 Å². The molecule has 2 saturated heterocycles. The number of thioether (sulfide) groups is 4. The highest BCUT2D eigenvalue weighted by Gasteiger charge is 2.34. The molecule has 0 aromatic heterocycles. The van der Waals surface area contributed by atoms with E-state index < -0.39 is 30.1 Å². The largest absolute Gasteiger partial charge is 0.486 e. The minimum absolute atomic E-state index is 0.0377. The summed E-state index contributed by atoms with van der Waals surface area (Å²) in [4.78, 5) is 24.4. The second-order valence-electron chi connectivity index (χ2n) is 14.2. The molecule has 0 spiro atoms. The van der Waals surface area contributed by atoms with E-state index in [-0.39, 0.29) is 12.0 Å². The Hall–Kier alpha value is -2.22. The molecule has 0 saturated carbocycles. The molecule has 0 N–H and O–H groups in total. The normalized spacial score (nSPS) is 20.0. The standard InChI is InChI=1S/C41H56O8S4/c1-11-35(42)47-30(7)39(44-21-33-23-50-13-15-52-33)48-38-28(5)19-32(20-29(38)6)40(8,9)31-17-26(3)37(27(4)18-31)45-25-41(10,49-36(43)12-2)46-22-34-24-51-14-16-53-34/h11-12,17-20,30,33-34,39H,1-2,13-16,21-25H2,3-10H3. The predicted molar refractivity (Wildman–Crippen MR) is 223 cm³/mol. The molecule has 4 rings (SSSR count). The number of carbonyl (C=O) groups excluding carboxylic acids is 2. The molecular formula is C41H56O8S4. The van der Waals surface area contributed by atoms with E-state index in [0.717, 1.165) is 85.8 Å². The van der Waals surface area contributed by atoms with Crippen molar-refractivity contribution >= 4 is 59.0 Å². The molecule has 53 heavy (non-hydrogen) atoms. The third-order valence-corrected chi connectivity index (χ3v) is 14.8. The van der Waals surface area contributed by atoms with Gasteiger partial charge in [0, 0.05) is 69.5 Å². The summed E-state index contributed by atoms with van der Waals surface area (Å²) >= 11 is 7.63. The van der Waals surface area contributed by atoms with Crippen molar-refractivity contribution in [3.63, 3.8) is 0 Å². The van der Waals surface area contributed by atoms with Crippen LogP contribution in [0.5, 0.6) is 11.5 Å². The van der Waals surface area contributed by atoms with Gasteiger partial charge in [-0.2, -0.15) is 47.0 Å². The van der Waals surface area contributed by atoms with Crippen LogP contribution in [-0.2, 0) is 34.0 Å². The van der Waals surface area contributed by atoms with Crippen LogP contribution in [-0.4, -0.2) is 95.0 Å². The van der Waals surface area contributed by atoms with E-state index in [9.17, 15) is 9.59 Å². The summed E-state index contributed by atoms with van der Waals surface area (Å²) in [5, 5.41) is 0.687. The van der Waals surface area contributed by atoms with Crippen LogP contribution in [0.4, 0.5) is 0 Å². The minimum atomic E-state index is -1.27. The Kier molecular flexibility index (Phi) is 16.5. The Morgan fingerprint density at radius 1 is 0.792 bits per heavy atom. The summed E-state index contributed by atoms with van der Waals surface area (Å²) in [6.07, 6.45) is 0.877. The van der Waals surface area contributed by atoms with Gasteiger partial charge in [-0.05, 0) is 68.0 Å². The molecule has 5 atom stereocenters. The summed E-state index contributed by atoms with van der Waals surface area (Å²) < 4.78 is 36.6. The summed E-state index contributed by atoms with van der Waals surface area (Å²) in [6.45, 7) is 24.2. The van der Waals surface area contributed by atoms with Gasteiger partial charge < -0.3 is 28.4 Å². The smallest absolute Gasteiger partial charge is 0.332 e. The van der Waals surface area contributed by atoms with Gasteiger partial charge in [0.15, 0.2) is 12.7 Å². The van der Waals surface area contributed by atoms with Crippen molar-refractivity contribution < 1.29 is 38.0 Å². The summed E-state index contributed by atoms with van der Waals surface area (Å²) in [6, 6.07) is 8.62. The number of aryl methyl sites for hydroxylation is 4. The minimum Gasteiger partial charge on any atom is -0.486 e. The quantitative estimate of drug-likeness (QED) is 0.0822. The first-order valence-corrected chi connectivity index (χ1v) is 22.4. The van der Waals surface area contributed by atoms with Gasteiger partial charge in [0.25, 0.3) is 0 Å². The molecule has 2 heterocycles. The van der Waals surface area contributed by atoms with E-state index in [0.29, 0.717) is 29.5 Å². The lowest BCUT2D eigenvalue weighted by Crippen LogP contribution is -2.42. The van der Waals surface area contributed by atoms with Crippen LogP contribution in [0.3, 0.4) is 0 Å². The van der Waals surface area contributed by atoms with E-state index >= 15 is 0 Å². The molecule has 2 aromatic carbocycles. The molecule has 2 aliphatic heterocycles. The first kappa shape index (κ1) is 43.5. The van der Waals surface area contributed by atoms with Crippen LogP contribution in [0, 0.1) is 27.7 Å². The Bertz CT molecular complexity index is 1540. The van der Waals surface area contributed by atoms with Gasteiger partial charge in [-0.25, -0.2) is 9.59 Å². The summed E-state index contributed by atoms with van der Waals surface area (Å²) in [5.74, 6) is 5.58. The number of esters is 2. The summed E-state index contributed by atoms with van der Waals surface area (Å²) in [7, 11) is 0. The van der Waals surface area contributed by atoms with Gasteiger partial charge >= 0.3 is 11.9 Å². The van der Waals surface area contributed by atoms with E-state index in [2.05, 4.69) is 51.3 Å². The van der Waals surface area contributed by atoms with E-state index in [4.69, 9.17) is 28.4 Å². The third-order valence-electron chi connectivity index (χ3n) is 9.20. The van der Waals surface area contributed by atoms with Crippen molar-refractivity contribution in [2.24, 2.45) is 0 Å². The molecule has 0 aliphatic carbocycles. The van der Waals surface area contributed by atoms with Crippen LogP contribution >= 0.6 is 47.0 Å². The molecule has 0 bridgehead atoms. The maximum atomic E-state index is 12.3.